The van der Waals surface area contributed by atoms with Gasteiger partial charge in [0, 0.05) is 11.0 Å². The predicted octanol–water partition coefficient (Wildman–Crippen LogP) is 1.49. The molecular formula is C9H9BrN4. The molecule has 72 valence electrons. The molecule has 0 aliphatic heterocycles. The lowest BCUT2D eigenvalue weighted by molar-refractivity contribution is 0.761. The summed E-state index contributed by atoms with van der Waals surface area (Å²) >= 11 is 3.40. The van der Waals surface area contributed by atoms with Gasteiger partial charge in [-0.05, 0) is 18.2 Å². The number of aromatic nitrogens is 3. The lowest BCUT2D eigenvalue weighted by Gasteiger charge is -2.03. The van der Waals surface area contributed by atoms with Gasteiger partial charge in [0.15, 0.2) is 0 Å². The van der Waals surface area contributed by atoms with Gasteiger partial charge in [-0.1, -0.05) is 27.2 Å². The van der Waals surface area contributed by atoms with Crippen molar-refractivity contribution in [2.24, 2.45) is 5.73 Å². The summed E-state index contributed by atoms with van der Waals surface area (Å²) in [6, 6.07) is 7.83. The summed E-state index contributed by atoms with van der Waals surface area (Å²) in [7, 11) is 0. The second-order valence-corrected chi connectivity index (χ2v) is 3.74. The van der Waals surface area contributed by atoms with Gasteiger partial charge in [-0.15, -0.1) is 5.10 Å². The molecule has 0 radical (unpaired) electrons. The third-order valence-electron chi connectivity index (χ3n) is 1.88. The van der Waals surface area contributed by atoms with E-state index in [1.807, 2.05) is 24.3 Å². The van der Waals surface area contributed by atoms with E-state index >= 15 is 0 Å². The molecular weight excluding hydrogens is 244 g/mol. The first-order valence-electron chi connectivity index (χ1n) is 4.17. The van der Waals surface area contributed by atoms with Crippen LogP contribution < -0.4 is 5.73 Å². The van der Waals surface area contributed by atoms with Gasteiger partial charge in [0.25, 0.3) is 0 Å². The van der Waals surface area contributed by atoms with Crippen molar-refractivity contribution in [3.05, 3.63) is 40.6 Å². The van der Waals surface area contributed by atoms with E-state index in [1.54, 1.807) is 10.9 Å². The highest BCUT2D eigenvalue weighted by Crippen LogP contribution is 2.15. The molecule has 0 fully saturated rings. The van der Waals surface area contributed by atoms with Gasteiger partial charge in [-0.2, -0.15) is 0 Å². The zero-order valence-electron chi connectivity index (χ0n) is 7.39. The van der Waals surface area contributed by atoms with Gasteiger partial charge >= 0.3 is 0 Å². The number of hydrogen-bond donors (Lipinski definition) is 1. The number of nitrogens with zero attached hydrogens (tertiary/aromatic N) is 3. The molecule has 0 unspecified atom stereocenters. The summed E-state index contributed by atoms with van der Waals surface area (Å²) in [4.78, 5) is 0. The first-order valence-corrected chi connectivity index (χ1v) is 4.96. The summed E-state index contributed by atoms with van der Waals surface area (Å²) < 4.78 is 2.73. The maximum atomic E-state index is 5.56. The van der Waals surface area contributed by atoms with E-state index in [2.05, 4.69) is 26.2 Å². The second kappa shape index (κ2) is 3.89. The van der Waals surface area contributed by atoms with Crippen LogP contribution in [0.25, 0.3) is 5.69 Å². The normalized spacial score (nSPS) is 10.4. The summed E-state index contributed by atoms with van der Waals surface area (Å²) in [5, 5.41) is 7.78. The maximum absolute atomic E-state index is 5.56. The van der Waals surface area contributed by atoms with Crippen LogP contribution in [0.1, 0.15) is 5.69 Å². The molecule has 0 bridgehead atoms. The van der Waals surface area contributed by atoms with Crippen molar-refractivity contribution in [3.8, 4) is 5.69 Å². The minimum absolute atomic E-state index is 0.430. The van der Waals surface area contributed by atoms with Gasteiger partial charge in [-0.3, -0.25) is 0 Å². The fourth-order valence-electron chi connectivity index (χ4n) is 1.22. The SMILES string of the molecule is NCc1cnnn1-c1cccc(Br)c1. The van der Waals surface area contributed by atoms with Crippen LogP contribution in [0, 0.1) is 0 Å². The van der Waals surface area contributed by atoms with Crippen molar-refractivity contribution >= 4 is 15.9 Å². The average Bonchev–Trinajstić information content (AvgIpc) is 2.65. The van der Waals surface area contributed by atoms with Gasteiger partial charge in [0.2, 0.25) is 0 Å². The minimum atomic E-state index is 0.430. The van der Waals surface area contributed by atoms with Gasteiger partial charge in [0.05, 0.1) is 17.6 Å². The monoisotopic (exact) mass is 252 g/mol. The van der Waals surface area contributed by atoms with E-state index in [0.717, 1.165) is 15.9 Å². The first kappa shape index (κ1) is 9.36. The molecule has 0 spiro atoms. The molecule has 0 atom stereocenters. The number of rotatable bonds is 2. The Morgan fingerprint density at radius 2 is 2.29 bits per heavy atom. The summed E-state index contributed by atoms with van der Waals surface area (Å²) in [5.41, 5.74) is 7.41. The Kier molecular flexibility index (Phi) is 2.60. The highest BCUT2D eigenvalue weighted by molar-refractivity contribution is 9.10. The van der Waals surface area contributed by atoms with E-state index in [0.29, 0.717) is 6.54 Å². The van der Waals surface area contributed by atoms with E-state index in [1.165, 1.54) is 0 Å². The maximum Gasteiger partial charge on any atom is 0.0781 e. The van der Waals surface area contributed by atoms with Gasteiger partial charge < -0.3 is 5.73 Å². The summed E-state index contributed by atoms with van der Waals surface area (Å²) in [5.74, 6) is 0. The van der Waals surface area contributed by atoms with E-state index in [4.69, 9.17) is 5.73 Å². The van der Waals surface area contributed by atoms with Crippen LogP contribution in [-0.2, 0) is 6.54 Å². The Hall–Kier alpha value is -1.20. The minimum Gasteiger partial charge on any atom is -0.325 e. The molecule has 0 amide bonds. The van der Waals surface area contributed by atoms with Crippen LogP contribution in [-0.4, -0.2) is 15.0 Å². The molecule has 1 heterocycles. The zero-order chi connectivity index (χ0) is 9.97. The smallest absolute Gasteiger partial charge is 0.0781 e. The van der Waals surface area contributed by atoms with E-state index < -0.39 is 0 Å². The Labute approximate surface area is 89.9 Å². The zero-order valence-corrected chi connectivity index (χ0v) is 8.98. The predicted molar refractivity (Wildman–Crippen MR) is 57.0 cm³/mol. The molecule has 0 aliphatic carbocycles. The Bertz CT molecular complexity index is 438. The molecule has 4 nitrogen and oxygen atoms in total. The van der Waals surface area contributed by atoms with Crippen LogP contribution >= 0.6 is 15.9 Å². The fourth-order valence-corrected chi connectivity index (χ4v) is 1.61. The Morgan fingerprint density at radius 1 is 1.43 bits per heavy atom. The van der Waals surface area contributed by atoms with Crippen LogP contribution in [0.4, 0.5) is 0 Å². The molecule has 2 N–H and O–H groups in total. The molecule has 14 heavy (non-hydrogen) atoms. The molecule has 1 aromatic heterocycles. The first-order chi connectivity index (χ1) is 6.81. The molecule has 0 saturated heterocycles. The second-order valence-electron chi connectivity index (χ2n) is 2.82. The average molecular weight is 253 g/mol. The topological polar surface area (TPSA) is 56.7 Å². The standard InChI is InChI=1S/C9H9BrN4/c10-7-2-1-3-8(4-7)14-9(5-11)6-12-13-14/h1-4,6H,5,11H2. The molecule has 0 saturated carbocycles. The number of nitrogens with two attached hydrogens (primary N) is 1. The van der Waals surface area contributed by atoms with Gasteiger partial charge in [0.1, 0.15) is 0 Å². The fraction of sp³-hybridized carbons (Fsp3) is 0.111. The van der Waals surface area contributed by atoms with Crippen LogP contribution in [0.5, 0.6) is 0 Å². The summed E-state index contributed by atoms with van der Waals surface area (Å²) in [6.07, 6.45) is 1.67. The van der Waals surface area contributed by atoms with Crippen molar-refractivity contribution in [2.45, 2.75) is 6.54 Å². The third-order valence-corrected chi connectivity index (χ3v) is 2.38. The van der Waals surface area contributed by atoms with E-state index in [9.17, 15) is 0 Å². The molecule has 2 rings (SSSR count). The molecule has 1 aromatic carbocycles. The van der Waals surface area contributed by atoms with Gasteiger partial charge in [-0.25, -0.2) is 4.68 Å². The van der Waals surface area contributed by atoms with Crippen molar-refractivity contribution in [1.29, 1.82) is 0 Å². The number of halogens is 1. The Morgan fingerprint density at radius 3 is 3.00 bits per heavy atom. The highest BCUT2D eigenvalue weighted by atomic mass is 79.9. The van der Waals surface area contributed by atoms with Crippen LogP contribution in [0.2, 0.25) is 0 Å². The molecule has 2 aromatic rings. The lowest BCUT2D eigenvalue weighted by Crippen LogP contribution is -2.06. The highest BCUT2D eigenvalue weighted by Gasteiger charge is 2.03. The van der Waals surface area contributed by atoms with Crippen LogP contribution in [0.15, 0.2) is 34.9 Å². The van der Waals surface area contributed by atoms with E-state index in [-0.39, 0.29) is 0 Å². The van der Waals surface area contributed by atoms with Crippen molar-refractivity contribution in [3.63, 3.8) is 0 Å². The molecule has 0 aliphatic rings. The Balaban J connectivity index is 2.49. The third kappa shape index (κ3) is 1.69. The quantitative estimate of drug-likeness (QED) is 0.882. The summed E-state index contributed by atoms with van der Waals surface area (Å²) in [6.45, 7) is 0.430. The largest absolute Gasteiger partial charge is 0.325 e. The number of benzene rings is 1. The lowest BCUT2D eigenvalue weighted by atomic mass is 10.3. The van der Waals surface area contributed by atoms with Crippen molar-refractivity contribution in [2.75, 3.05) is 0 Å². The number of hydrogen-bond acceptors (Lipinski definition) is 3. The molecule has 5 heteroatoms. The van der Waals surface area contributed by atoms with Crippen LogP contribution in [0.3, 0.4) is 0 Å². The van der Waals surface area contributed by atoms with Crippen molar-refractivity contribution < 1.29 is 0 Å². The van der Waals surface area contributed by atoms with Crippen molar-refractivity contribution in [1.82, 2.24) is 15.0 Å².